The Morgan fingerprint density at radius 2 is 1.95 bits per heavy atom. The number of aromatic nitrogens is 2. The van der Waals surface area contributed by atoms with Gasteiger partial charge in [-0.25, -0.2) is 0 Å². The first kappa shape index (κ1) is 12.6. The Morgan fingerprint density at radius 1 is 1.26 bits per heavy atom. The molecule has 0 spiro atoms. The van der Waals surface area contributed by atoms with Crippen molar-refractivity contribution in [2.45, 2.75) is 18.9 Å². The van der Waals surface area contributed by atoms with Gasteiger partial charge in [0, 0.05) is 32.4 Å². The lowest BCUT2D eigenvalue weighted by Crippen LogP contribution is -2.55. The molecule has 2 aliphatic heterocycles. The van der Waals surface area contributed by atoms with Crippen molar-refractivity contribution in [3.05, 3.63) is 18.0 Å². The highest BCUT2D eigenvalue weighted by atomic mass is 32.2. The van der Waals surface area contributed by atoms with E-state index in [4.69, 9.17) is 5.26 Å². The topological polar surface area (TPSA) is 82.2 Å². The zero-order valence-corrected chi connectivity index (χ0v) is 11.3. The molecule has 2 aliphatic rings. The number of nitrogens with zero attached hydrogens (tertiary/aromatic N) is 5. The molecule has 102 valence electrons. The van der Waals surface area contributed by atoms with Gasteiger partial charge in [-0.3, -0.25) is 4.68 Å². The third-order valence-corrected chi connectivity index (χ3v) is 5.62. The zero-order chi connectivity index (χ0) is 13.5. The molecule has 0 aromatic carbocycles. The third-order valence-electron chi connectivity index (χ3n) is 3.65. The Bertz CT molecular complexity index is 605. The van der Waals surface area contributed by atoms with Crippen LogP contribution in [-0.2, 0) is 10.2 Å². The standard InChI is InChI=1S/C11H15N5O2S/c12-5-10-6-13-16(7-10)11-8-15(9-11)19(17,18)14-3-1-2-4-14/h6-7,11H,1-4,8-9H2. The van der Waals surface area contributed by atoms with Crippen LogP contribution in [0.1, 0.15) is 24.4 Å². The van der Waals surface area contributed by atoms with Crippen LogP contribution >= 0.6 is 0 Å². The summed E-state index contributed by atoms with van der Waals surface area (Å²) >= 11 is 0. The van der Waals surface area contributed by atoms with E-state index < -0.39 is 10.2 Å². The van der Waals surface area contributed by atoms with Gasteiger partial charge in [0.25, 0.3) is 10.2 Å². The van der Waals surface area contributed by atoms with Gasteiger partial charge in [-0.05, 0) is 12.8 Å². The average molecular weight is 281 g/mol. The molecule has 2 fully saturated rings. The maximum absolute atomic E-state index is 12.2. The van der Waals surface area contributed by atoms with Crippen LogP contribution < -0.4 is 0 Å². The molecule has 0 bridgehead atoms. The predicted octanol–water partition coefficient (Wildman–Crippen LogP) is -0.0479. The SMILES string of the molecule is N#Cc1cnn(C2CN(S(=O)(=O)N3CCCC3)C2)c1. The van der Waals surface area contributed by atoms with Gasteiger partial charge in [0.15, 0.2) is 0 Å². The second-order valence-corrected chi connectivity index (χ2v) is 6.83. The van der Waals surface area contributed by atoms with Crippen LogP contribution in [0.15, 0.2) is 12.4 Å². The summed E-state index contributed by atoms with van der Waals surface area (Å²) in [6.45, 7) is 2.13. The molecule has 19 heavy (non-hydrogen) atoms. The lowest BCUT2D eigenvalue weighted by molar-refractivity contribution is 0.180. The minimum atomic E-state index is -3.28. The largest absolute Gasteiger partial charge is 0.282 e. The van der Waals surface area contributed by atoms with Crippen LogP contribution in [0.3, 0.4) is 0 Å². The first-order chi connectivity index (χ1) is 9.11. The summed E-state index contributed by atoms with van der Waals surface area (Å²) in [5.41, 5.74) is 0.501. The summed E-state index contributed by atoms with van der Waals surface area (Å²) < 4.78 is 29.2. The Morgan fingerprint density at radius 3 is 2.53 bits per heavy atom. The van der Waals surface area contributed by atoms with E-state index in [-0.39, 0.29) is 6.04 Å². The van der Waals surface area contributed by atoms with Gasteiger partial charge in [0.2, 0.25) is 0 Å². The number of hydrogen-bond acceptors (Lipinski definition) is 4. The molecule has 0 amide bonds. The van der Waals surface area contributed by atoms with Gasteiger partial charge in [-0.2, -0.15) is 27.4 Å². The van der Waals surface area contributed by atoms with Gasteiger partial charge in [-0.1, -0.05) is 0 Å². The molecule has 1 aromatic rings. The average Bonchev–Trinajstić information content (AvgIpc) is 2.97. The van der Waals surface area contributed by atoms with E-state index in [0.29, 0.717) is 31.7 Å². The van der Waals surface area contributed by atoms with Crippen molar-refractivity contribution < 1.29 is 8.42 Å². The van der Waals surface area contributed by atoms with E-state index in [1.165, 1.54) is 10.5 Å². The third kappa shape index (κ3) is 2.14. The summed E-state index contributed by atoms with van der Waals surface area (Å²) in [7, 11) is -3.28. The van der Waals surface area contributed by atoms with Crippen molar-refractivity contribution in [2.24, 2.45) is 0 Å². The van der Waals surface area contributed by atoms with Crippen LogP contribution in [0.2, 0.25) is 0 Å². The smallest absolute Gasteiger partial charge is 0.266 e. The Hall–Kier alpha value is -1.43. The number of hydrogen-bond donors (Lipinski definition) is 0. The van der Waals surface area contributed by atoms with Crippen LogP contribution in [0, 0.1) is 11.3 Å². The quantitative estimate of drug-likeness (QED) is 0.778. The summed E-state index contributed by atoms with van der Waals surface area (Å²) in [4.78, 5) is 0. The Kier molecular flexibility index (Phi) is 3.05. The molecule has 8 heteroatoms. The predicted molar refractivity (Wildman–Crippen MR) is 67.3 cm³/mol. The zero-order valence-electron chi connectivity index (χ0n) is 10.4. The van der Waals surface area contributed by atoms with Crippen molar-refractivity contribution in [1.29, 1.82) is 5.26 Å². The molecule has 3 rings (SSSR count). The summed E-state index contributed by atoms with van der Waals surface area (Å²) in [6.07, 6.45) is 5.05. The molecule has 1 aromatic heterocycles. The van der Waals surface area contributed by atoms with E-state index >= 15 is 0 Å². The number of rotatable bonds is 3. The summed E-state index contributed by atoms with van der Waals surface area (Å²) in [5, 5.41) is 12.8. The molecule has 2 saturated heterocycles. The molecule has 0 saturated carbocycles. The molecule has 0 unspecified atom stereocenters. The molecule has 0 radical (unpaired) electrons. The molecular weight excluding hydrogens is 266 g/mol. The minimum absolute atomic E-state index is 0.0412. The molecule has 7 nitrogen and oxygen atoms in total. The van der Waals surface area contributed by atoms with Crippen LogP contribution in [0.5, 0.6) is 0 Å². The van der Waals surface area contributed by atoms with Crippen molar-refractivity contribution in [2.75, 3.05) is 26.2 Å². The molecule has 0 aliphatic carbocycles. The van der Waals surface area contributed by atoms with Crippen molar-refractivity contribution in [3.8, 4) is 6.07 Å². The Labute approximate surface area is 112 Å². The normalized spacial score (nSPS) is 22.3. The van der Waals surface area contributed by atoms with Gasteiger partial charge < -0.3 is 0 Å². The van der Waals surface area contributed by atoms with E-state index in [1.54, 1.807) is 15.2 Å². The highest BCUT2D eigenvalue weighted by molar-refractivity contribution is 7.86. The first-order valence-electron chi connectivity index (χ1n) is 6.31. The highest BCUT2D eigenvalue weighted by Gasteiger charge is 2.41. The van der Waals surface area contributed by atoms with E-state index in [0.717, 1.165) is 12.8 Å². The van der Waals surface area contributed by atoms with Gasteiger partial charge in [0.1, 0.15) is 6.07 Å². The van der Waals surface area contributed by atoms with Crippen LogP contribution in [0.4, 0.5) is 0 Å². The maximum atomic E-state index is 12.2. The van der Waals surface area contributed by atoms with Crippen LogP contribution in [0.25, 0.3) is 0 Å². The van der Waals surface area contributed by atoms with Gasteiger partial charge in [0.05, 0.1) is 17.8 Å². The molecule has 0 N–H and O–H groups in total. The second-order valence-electron chi connectivity index (χ2n) is 4.91. The van der Waals surface area contributed by atoms with E-state index in [2.05, 4.69) is 5.10 Å². The fraction of sp³-hybridized carbons (Fsp3) is 0.636. The van der Waals surface area contributed by atoms with E-state index in [9.17, 15) is 8.42 Å². The fourth-order valence-electron chi connectivity index (χ4n) is 2.45. The first-order valence-corrected chi connectivity index (χ1v) is 7.70. The highest BCUT2D eigenvalue weighted by Crippen LogP contribution is 2.27. The molecule has 3 heterocycles. The molecule has 0 atom stereocenters. The maximum Gasteiger partial charge on any atom is 0.282 e. The molecular formula is C11H15N5O2S. The lowest BCUT2D eigenvalue weighted by atomic mass is 10.2. The Balaban J connectivity index is 1.65. The van der Waals surface area contributed by atoms with Gasteiger partial charge >= 0.3 is 0 Å². The fourth-order valence-corrected chi connectivity index (χ4v) is 4.22. The minimum Gasteiger partial charge on any atom is -0.266 e. The van der Waals surface area contributed by atoms with Crippen molar-refractivity contribution in [1.82, 2.24) is 18.4 Å². The second kappa shape index (κ2) is 4.59. The van der Waals surface area contributed by atoms with Crippen molar-refractivity contribution >= 4 is 10.2 Å². The number of nitriles is 1. The van der Waals surface area contributed by atoms with Crippen LogP contribution in [-0.4, -0.2) is 53.0 Å². The summed E-state index contributed by atoms with van der Waals surface area (Å²) in [5.74, 6) is 0. The monoisotopic (exact) mass is 281 g/mol. The van der Waals surface area contributed by atoms with Gasteiger partial charge in [-0.15, -0.1) is 0 Å². The summed E-state index contributed by atoms with van der Waals surface area (Å²) in [6, 6.07) is 2.05. The lowest BCUT2D eigenvalue weighted by Gasteiger charge is -2.39. The van der Waals surface area contributed by atoms with E-state index in [1.807, 2.05) is 6.07 Å². The van der Waals surface area contributed by atoms with Crippen molar-refractivity contribution in [3.63, 3.8) is 0 Å².